The van der Waals surface area contributed by atoms with Crippen molar-refractivity contribution < 1.29 is 19.1 Å². The number of ether oxygens (including phenoxy) is 2. The maximum absolute atomic E-state index is 13.7. The molecule has 1 fully saturated rings. The van der Waals surface area contributed by atoms with Crippen LogP contribution in [0.1, 0.15) is 49.4 Å². The number of pyridine rings is 1. The van der Waals surface area contributed by atoms with E-state index >= 15 is 0 Å². The number of amides is 2. The van der Waals surface area contributed by atoms with Gasteiger partial charge in [0.15, 0.2) is 11.5 Å². The molecule has 0 radical (unpaired) electrons. The third-order valence-corrected chi connectivity index (χ3v) is 7.02. The quantitative estimate of drug-likeness (QED) is 0.483. The van der Waals surface area contributed by atoms with E-state index in [1.54, 1.807) is 0 Å². The number of hydrogen-bond donors (Lipinski definition) is 1. The minimum absolute atomic E-state index is 0.0193. The minimum Gasteiger partial charge on any atom is -0.486 e. The monoisotopic (exact) mass is 487 g/mol. The van der Waals surface area contributed by atoms with Gasteiger partial charge >= 0.3 is 0 Å². The summed E-state index contributed by atoms with van der Waals surface area (Å²) in [5, 5.41) is 3.90. The number of nitrogens with one attached hydrogen (secondary N) is 1. The first kappa shape index (κ1) is 24.1. The molecule has 0 bridgehead atoms. The molecule has 0 aliphatic carbocycles. The van der Waals surface area contributed by atoms with Gasteiger partial charge in [0.2, 0.25) is 5.91 Å². The van der Waals surface area contributed by atoms with Gasteiger partial charge in [0, 0.05) is 36.5 Å². The van der Waals surface area contributed by atoms with E-state index in [0.717, 1.165) is 53.7 Å². The van der Waals surface area contributed by atoms with E-state index in [1.165, 1.54) is 0 Å². The number of benzene rings is 2. The normalized spacial score (nSPS) is 15.6. The molecule has 1 aromatic heterocycles. The lowest BCUT2D eigenvalue weighted by Gasteiger charge is -2.31. The number of piperidine rings is 1. The SMILES string of the molecule is CCCCCNC(=O)C1CCN(C(=O)c2cc(-c3ccc4c(c3)OCCO4)nc3ccccc23)CC1. The Morgan fingerprint density at radius 2 is 1.78 bits per heavy atom. The molecule has 0 spiro atoms. The molecular formula is C29H33N3O4. The van der Waals surface area contributed by atoms with E-state index in [9.17, 15) is 9.59 Å². The summed E-state index contributed by atoms with van der Waals surface area (Å²) in [6.07, 6.45) is 4.64. The van der Waals surface area contributed by atoms with Crippen LogP contribution in [0.2, 0.25) is 0 Å². The van der Waals surface area contributed by atoms with Crippen LogP contribution in [0.15, 0.2) is 48.5 Å². The molecule has 7 nitrogen and oxygen atoms in total. The van der Waals surface area contributed by atoms with Gasteiger partial charge in [0.25, 0.3) is 5.91 Å². The number of para-hydroxylation sites is 1. The average Bonchev–Trinajstić information content (AvgIpc) is 2.94. The van der Waals surface area contributed by atoms with E-state index in [-0.39, 0.29) is 17.7 Å². The molecule has 2 aromatic carbocycles. The van der Waals surface area contributed by atoms with Crippen molar-refractivity contribution in [2.45, 2.75) is 39.0 Å². The van der Waals surface area contributed by atoms with Crippen molar-refractivity contribution in [1.29, 1.82) is 0 Å². The smallest absolute Gasteiger partial charge is 0.254 e. The number of carbonyl (C=O) groups excluding carboxylic acids is 2. The van der Waals surface area contributed by atoms with Crippen LogP contribution in [0.25, 0.3) is 22.2 Å². The van der Waals surface area contributed by atoms with Crippen LogP contribution >= 0.6 is 0 Å². The summed E-state index contributed by atoms with van der Waals surface area (Å²) in [5.41, 5.74) is 3.00. The Kier molecular flexibility index (Phi) is 7.35. The predicted molar refractivity (Wildman–Crippen MR) is 139 cm³/mol. The van der Waals surface area contributed by atoms with E-state index in [4.69, 9.17) is 14.5 Å². The van der Waals surface area contributed by atoms with Crippen molar-refractivity contribution in [3.8, 4) is 22.8 Å². The lowest BCUT2D eigenvalue weighted by molar-refractivity contribution is -0.126. The van der Waals surface area contributed by atoms with E-state index in [1.807, 2.05) is 53.4 Å². The molecule has 1 N–H and O–H groups in total. The molecule has 0 unspecified atom stereocenters. The fourth-order valence-electron chi connectivity index (χ4n) is 4.95. The molecule has 2 aliphatic heterocycles. The second kappa shape index (κ2) is 11.0. The standard InChI is InChI=1S/C29H33N3O4/c1-2-3-6-13-30-28(33)20-11-14-32(15-12-20)29(34)23-19-25(31-24-8-5-4-7-22(23)24)21-9-10-26-27(18-21)36-17-16-35-26/h4-5,7-10,18-20H,2-3,6,11-17H2,1H3,(H,30,33). The molecule has 5 rings (SSSR count). The number of carbonyl (C=O) groups is 2. The molecule has 0 saturated carbocycles. The number of aromatic nitrogens is 1. The van der Waals surface area contributed by atoms with E-state index < -0.39 is 0 Å². The molecule has 1 saturated heterocycles. The Balaban J connectivity index is 1.34. The summed E-state index contributed by atoms with van der Waals surface area (Å²) in [7, 11) is 0. The number of hydrogen-bond acceptors (Lipinski definition) is 5. The topological polar surface area (TPSA) is 80.8 Å². The lowest BCUT2D eigenvalue weighted by atomic mass is 9.94. The number of rotatable bonds is 7. The van der Waals surface area contributed by atoms with Gasteiger partial charge in [-0.1, -0.05) is 38.0 Å². The maximum Gasteiger partial charge on any atom is 0.254 e. The number of likely N-dealkylation sites (tertiary alicyclic amines) is 1. The average molecular weight is 488 g/mol. The van der Waals surface area contributed by atoms with Gasteiger partial charge < -0.3 is 19.7 Å². The summed E-state index contributed by atoms with van der Waals surface area (Å²) in [6, 6.07) is 15.4. The van der Waals surface area contributed by atoms with Gasteiger partial charge in [-0.25, -0.2) is 4.98 Å². The fraction of sp³-hybridized carbons (Fsp3) is 0.414. The van der Waals surface area contributed by atoms with E-state index in [2.05, 4.69) is 12.2 Å². The largest absolute Gasteiger partial charge is 0.486 e. The first-order chi connectivity index (χ1) is 17.6. The summed E-state index contributed by atoms with van der Waals surface area (Å²) in [4.78, 5) is 33.0. The van der Waals surface area contributed by atoms with Gasteiger partial charge in [-0.2, -0.15) is 0 Å². The summed E-state index contributed by atoms with van der Waals surface area (Å²) >= 11 is 0. The van der Waals surface area contributed by atoms with Crippen LogP contribution in [-0.2, 0) is 4.79 Å². The van der Waals surface area contributed by atoms with Crippen molar-refractivity contribution in [3.63, 3.8) is 0 Å². The third kappa shape index (κ3) is 5.15. The highest BCUT2D eigenvalue weighted by Crippen LogP contribution is 2.35. The Morgan fingerprint density at radius 3 is 2.58 bits per heavy atom. The van der Waals surface area contributed by atoms with Crippen molar-refractivity contribution >= 4 is 22.7 Å². The van der Waals surface area contributed by atoms with Crippen LogP contribution in [0.5, 0.6) is 11.5 Å². The van der Waals surface area contributed by atoms with Gasteiger partial charge in [-0.15, -0.1) is 0 Å². The van der Waals surface area contributed by atoms with Crippen LogP contribution in [-0.4, -0.2) is 54.5 Å². The molecular weight excluding hydrogens is 454 g/mol. The predicted octanol–water partition coefficient (Wildman–Crippen LogP) is 4.83. The molecule has 0 atom stereocenters. The van der Waals surface area contributed by atoms with E-state index in [0.29, 0.717) is 50.5 Å². The Labute approximate surface area is 211 Å². The van der Waals surface area contributed by atoms with Crippen molar-refractivity contribution in [2.75, 3.05) is 32.8 Å². The number of fused-ring (bicyclic) bond motifs is 2. The second-order valence-electron chi connectivity index (χ2n) is 9.50. The van der Waals surface area contributed by atoms with Crippen molar-refractivity contribution in [2.24, 2.45) is 5.92 Å². The Hall–Kier alpha value is -3.61. The minimum atomic E-state index is -0.0295. The summed E-state index contributed by atoms with van der Waals surface area (Å²) in [6.45, 7) is 5.08. The zero-order chi connectivity index (χ0) is 24.9. The number of unbranched alkanes of at least 4 members (excludes halogenated alkanes) is 2. The Bertz CT molecular complexity index is 1250. The highest BCUT2D eigenvalue weighted by atomic mass is 16.6. The van der Waals surface area contributed by atoms with Gasteiger partial charge in [0.1, 0.15) is 13.2 Å². The van der Waals surface area contributed by atoms with Gasteiger partial charge in [-0.05, 0) is 49.6 Å². The first-order valence-electron chi connectivity index (χ1n) is 13.0. The van der Waals surface area contributed by atoms with Gasteiger partial charge in [-0.3, -0.25) is 9.59 Å². The van der Waals surface area contributed by atoms with Crippen LogP contribution in [0.3, 0.4) is 0 Å². The first-order valence-corrected chi connectivity index (χ1v) is 13.0. The fourth-order valence-corrected chi connectivity index (χ4v) is 4.95. The second-order valence-corrected chi connectivity index (χ2v) is 9.50. The Morgan fingerprint density at radius 1 is 1.00 bits per heavy atom. The molecule has 3 heterocycles. The van der Waals surface area contributed by atoms with Crippen LogP contribution in [0, 0.1) is 5.92 Å². The molecule has 7 heteroatoms. The highest BCUT2D eigenvalue weighted by Gasteiger charge is 2.29. The van der Waals surface area contributed by atoms with Gasteiger partial charge in [0.05, 0.1) is 16.8 Å². The molecule has 36 heavy (non-hydrogen) atoms. The third-order valence-electron chi connectivity index (χ3n) is 7.02. The van der Waals surface area contributed by atoms with Crippen LogP contribution < -0.4 is 14.8 Å². The summed E-state index contributed by atoms with van der Waals surface area (Å²) < 4.78 is 11.4. The lowest BCUT2D eigenvalue weighted by Crippen LogP contribution is -2.43. The molecule has 188 valence electrons. The van der Waals surface area contributed by atoms with Crippen molar-refractivity contribution in [1.82, 2.24) is 15.2 Å². The maximum atomic E-state index is 13.7. The zero-order valence-electron chi connectivity index (χ0n) is 20.8. The van der Waals surface area contributed by atoms with Crippen LogP contribution in [0.4, 0.5) is 0 Å². The highest BCUT2D eigenvalue weighted by molar-refractivity contribution is 6.07. The molecule has 3 aromatic rings. The summed E-state index contributed by atoms with van der Waals surface area (Å²) in [5.74, 6) is 1.48. The molecule has 2 amide bonds. The number of nitrogens with zero attached hydrogens (tertiary/aromatic N) is 2. The van der Waals surface area contributed by atoms with Crippen molar-refractivity contribution in [3.05, 3.63) is 54.1 Å². The zero-order valence-corrected chi connectivity index (χ0v) is 20.8. The molecule has 2 aliphatic rings.